The molecule has 3 rings (SSSR count). The average Bonchev–Trinajstić information content (AvgIpc) is 3.16. The van der Waals surface area contributed by atoms with E-state index in [1.807, 2.05) is 13.8 Å². The van der Waals surface area contributed by atoms with Gasteiger partial charge in [0.1, 0.15) is 11.9 Å². The van der Waals surface area contributed by atoms with E-state index in [2.05, 4.69) is 5.10 Å². The number of amides is 1. The first kappa shape index (κ1) is 17.1. The van der Waals surface area contributed by atoms with E-state index in [1.165, 1.54) is 17.0 Å². The maximum Gasteiger partial charge on any atom is 0.326 e. The smallest absolute Gasteiger partial charge is 0.326 e. The van der Waals surface area contributed by atoms with Gasteiger partial charge in [0.05, 0.1) is 17.8 Å². The van der Waals surface area contributed by atoms with Crippen LogP contribution in [-0.4, -0.2) is 44.3 Å². The van der Waals surface area contributed by atoms with Gasteiger partial charge < -0.3 is 10.0 Å². The highest BCUT2D eigenvalue weighted by Crippen LogP contribution is 2.22. The molecule has 1 atom stereocenters. The Morgan fingerprint density at radius 2 is 1.96 bits per heavy atom. The van der Waals surface area contributed by atoms with Crippen LogP contribution in [0.1, 0.15) is 29.8 Å². The number of rotatable bonds is 4. The van der Waals surface area contributed by atoms with Gasteiger partial charge in [0, 0.05) is 17.8 Å². The Morgan fingerprint density at radius 3 is 2.60 bits per heavy atom. The van der Waals surface area contributed by atoms with Crippen molar-refractivity contribution in [3.05, 3.63) is 47.0 Å². The predicted octanol–water partition coefficient (Wildman–Crippen LogP) is 2.25. The summed E-state index contributed by atoms with van der Waals surface area (Å²) in [5, 5.41) is 13.7. The summed E-state index contributed by atoms with van der Waals surface area (Å²) in [5.41, 5.74) is 3.00. The van der Waals surface area contributed by atoms with Gasteiger partial charge in [0.15, 0.2) is 0 Å². The van der Waals surface area contributed by atoms with E-state index in [9.17, 15) is 19.1 Å². The highest BCUT2D eigenvalue weighted by atomic mass is 19.1. The van der Waals surface area contributed by atoms with Crippen molar-refractivity contribution in [1.29, 1.82) is 0 Å². The van der Waals surface area contributed by atoms with Gasteiger partial charge in [-0.2, -0.15) is 5.10 Å². The van der Waals surface area contributed by atoms with Gasteiger partial charge in [-0.05, 0) is 51.0 Å². The summed E-state index contributed by atoms with van der Waals surface area (Å²) < 4.78 is 14.8. The number of aromatic nitrogens is 2. The number of carboxylic acids is 1. The standard InChI is InChI=1S/C18H20FN3O3/c1-11-15(10-17(23)21-9-3-4-16(21)18(24)25)12(2)22(20-11)14-7-5-13(19)6-8-14/h5-8,16H,3-4,9-10H2,1-2H3,(H,24,25)/t16-/m1/s1. The molecular formula is C18H20FN3O3. The SMILES string of the molecule is Cc1nn(-c2ccc(F)cc2)c(C)c1CC(=O)N1CCC[C@@H]1C(=O)O. The first-order valence-electron chi connectivity index (χ1n) is 8.22. The molecule has 0 saturated carbocycles. The van der Waals surface area contributed by atoms with Crippen molar-refractivity contribution in [2.75, 3.05) is 6.54 Å². The third-order valence-electron chi connectivity index (χ3n) is 4.70. The number of likely N-dealkylation sites (tertiary alicyclic amines) is 1. The van der Waals surface area contributed by atoms with Gasteiger partial charge in [0.25, 0.3) is 0 Å². The van der Waals surface area contributed by atoms with Crippen molar-refractivity contribution < 1.29 is 19.1 Å². The molecule has 0 spiro atoms. The van der Waals surface area contributed by atoms with Crippen LogP contribution in [-0.2, 0) is 16.0 Å². The second-order valence-corrected chi connectivity index (χ2v) is 6.30. The van der Waals surface area contributed by atoms with Crippen molar-refractivity contribution in [2.24, 2.45) is 0 Å². The number of aliphatic carboxylic acids is 1. The van der Waals surface area contributed by atoms with Crippen molar-refractivity contribution in [3.63, 3.8) is 0 Å². The van der Waals surface area contributed by atoms with E-state index in [1.54, 1.807) is 16.8 Å². The zero-order chi connectivity index (χ0) is 18.1. The predicted molar refractivity (Wildman–Crippen MR) is 89.1 cm³/mol. The topological polar surface area (TPSA) is 75.4 Å². The number of hydrogen-bond donors (Lipinski definition) is 1. The molecule has 1 saturated heterocycles. The van der Waals surface area contributed by atoms with Gasteiger partial charge in [-0.25, -0.2) is 13.9 Å². The molecule has 0 unspecified atom stereocenters. The monoisotopic (exact) mass is 345 g/mol. The molecule has 1 aliphatic heterocycles. The van der Waals surface area contributed by atoms with Crippen LogP contribution in [0.4, 0.5) is 4.39 Å². The molecule has 1 N–H and O–H groups in total. The molecule has 1 aliphatic rings. The Balaban J connectivity index is 1.85. The molecule has 1 amide bonds. The van der Waals surface area contributed by atoms with Crippen LogP contribution in [0.2, 0.25) is 0 Å². The lowest BCUT2D eigenvalue weighted by Crippen LogP contribution is -2.41. The molecule has 2 aromatic rings. The minimum Gasteiger partial charge on any atom is -0.480 e. The normalized spacial score (nSPS) is 17.1. The molecule has 25 heavy (non-hydrogen) atoms. The maximum absolute atomic E-state index is 13.1. The molecule has 1 fully saturated rings. The Morgan fingerprint density at radius 1 is 1.28 bits per heavy atom. The lowest BCUT2D eigenvalue weighted by Gasteiger charge is -2.21. The van der Waals surface area contributed by atoms with Crippen molar-refractivity contribution >= 4 is 11.9 Å². The molecule has 132 valence electrons. The van der Waals surface area contributed by atoms with Crippen LogP contribution < -0.4 is 0 Å². The molecule has 2 heterocycles. The van der Waals surface area contributed by atoms with Crippen LogP contribution >= 0.6 is 0 Å². The molecule has 0 bridgehead atoms. The van der Waals surface area contributed by atoms with Gasteiger partial charge in [-0.15, -0.1) is 0 Å². The quantitative estimate of drug-likeness (QED) is 0.922. The molecule has 1 aromatic carbocycles. The number of hydrogen-bond acceptors (Lipinski definition) is 3. The van der Waals surface area contributed by atoms with Crippen LogP contribution in [0.25, 0.3) is 5.69 Å². The highest BCUT2D eigenvalue weighted by Gasteiger charge is 2.34. The first-order chi connectivity index (χ1) is 11.9. The van der Waals surface area contributed by atoms with Crippen LogP contribution in [0.15, 0.2) is 24.3 Å². The summed E-state index contributed by atoms with van der Waals surface area (Å²) in [6, 6.07) is 5.24. The summed E-state index contributed by atoms with van der Waals surface area (Å²) in [6.45, 7) is 4.14. The molecule has 0 radical (unpaired) electrons. The molecular weight excluding hydrogens is 325 g/mol. The maximum atomic E-state index is 13.1. The number of carbonyl (C=O) groups excluding carboxylic acids is 1. The zero-order valence-electron chi connectivity index (χ0n) is 14.2. The molecule has 0 aliphatic carbocycles. The fraction of sp³-hybridized carbons (Fsp3) is 0.389. The van der Waals surface area contributed by atoms with E-state index in [0.717, 1.165) is 11.3 Å². The van der Waals surface area contributed by atoms with Crippen molar-refractivity contribution in [2.45, 2.75) is 39.2 Å². The van der Waals surface area contributed by atoms with E-state index < -0.39 is 12.0 Å². The van der Waals surface area contributed by atoms with Gasteiger partial charge in [-0.1, -0.05) is 0 Å². The number of halogens is 1. The minimum atomic E-state index is -0.957. The molecule has 1 aromatic heterocycles. The number of benzene rings is 1. The van der Waals surface area contributed by atoms with Crippen molar-refractivity contribution in [1.82, 2.24) is 14.7 Å². The Labute approximate surface area is 144 Å². The number of aryl methyl sites for hydroxylation is 1. The second kappa shape index (κ2) is 6.66. The number of nitrogens with zero attached hydrogens (tertiary/aromatic N) is 3. The summed E-state index contributed by atoms with van der Waals surface area (Å²) in [4.78, 5) is 25.3. The third kappa shape index (κ3) is 3.26. The fourth-order valence-corrected chi connectivity index (χ4v) is 3.34. The summed E-state index contributed by atoms with van der Waals surface area (Å²) >= 11 is 0. The average molecular weight is 345 g/mol. The first-order valence-corrected chi connectivity index (χ1v) is 8.22. The number of carbonyl (C=O) groups is 2. The molecule has 6 nitrogen and oxygen atoms in total. The lowest BCUT2D eigenvalue weighted by molar-refractivity contribution is -0.148. The van der Waals surface area contributed by atoms with E-state index in [4.69, 9.17) is 0 Å². The van der Waals surface area contributed by atoms with E-state index in [-0.39, 0.29) is 18.1 Å². The van der Waals surface area contributed by atoms with E-state index in [0.29, 0.717) is 30.8 Å². The Hall–Kier alpha value is -2.70. The summed E-state index contributed by atoms with van der Waals surface area (Å²) in [6.07, 6.45) is 1.31. The highest BCUT2D eigenvalue weighted by molar-refractivity contribution is 5.85. The number of carboxylic acid groups (broad SMARTS) is 1. The third-order valence-corrected chi connectivity index (χ3v) is 4.70. The van der Waals surface area contributed by atoms with Gasteiger partial charge in [0.2, 0.25) is 5.91 Å². The second-order valence-electron chi connectivity index (χ2n) is 6.30. The van der Waals surface area contributed by atoms with Gasteiger partial charge in [-0.3, -0.25) is 4.79 Å². The van der Waals surface area contributed by atoms with Gasteiger partial charge >= 0.3 is 5.97 Å². The fourth-order valence-electron chi connectivity index (χ4n) is 3.34. The molecule has 7 heteroatoms. The van der Waals surface area contributed by atoms with E-state index >= 15 is 0 Å². The largest absolute Gasteiger partial charge is 0.480 e. The van der Waals surface area contributed by atoms with Crippen molar-refractivity contribution in [3.8, 4) is 5.69 Å². The summed E-state index contributed by atoms with van der Waals surface area (Å²) in [7, 11) is 0. The Kier molecular flexibility index (Phi) is 4.57. The van der Waals surface area contributed by atoms with Crippen LogP contribution in [0.5, 0.6) is 0 Å². The minimum absolute atomic E-state index is 0.114. The van der Waals surface area contributed by atoms with Crippen LogP contribution in [0, 0.1) is 19.7 Å². The Bertz CT molecular complexity index is 814. The summed E-state index contributed by atoms with van der Waals surface area (Å²) in [5.74, 6) is -1.48. The lowest BCUT2D eigenvalue weighted by atomic mass is 10.1. The van der Waals surface area contributed by atoms with Crippen LogP contribution in [0.3, 0.4) is 0 Å². The zero-order valence-corrected chi connectivity index (χ0v) is 14.2.